The number of hydrogen-bond acceptors (Lipinski definition) is 4. The number of imidazole rings is 2. The number of fused-ring (bicyclic) bond motifs is 2. The fourth-order valence-corrected chi connectivity index (χ4v) is 5.83. The van der Waals surface area contributed by atoms with Crippen molar-refractivity contribution in [2.45, 2.75) is 62.7 Å². The Labute approximate surface area is 236 Å². The fraction of sp³-hybridized carbons (Fsp3) is 0.333. The Kier molecular flexibility index (Phi) is 6.81. The highest BCUT2D eigenvalue weighted by molar-refractivity contribution is 5.89. The van der Waals surface area contributed by atoms with E-state index in [9.17, 15) is 35.9 Å². The quantitative estimate of drug-likeness (QED) is 0.206. The zero-order chi connectivity index (χ0) is 29.8. The van der Waals surface area contributed by atoms with Crippen LogP contribution in [0.3, 0.4) is 0 Å². The number of rotatable bonds is 7. The van der Waals surface area contributed by atoms with Gasteiger partial charge in [-0.1, -0.05) is 48.5 Å². The van der Waals surface area contributed by atoms with Crippen molar-refractivity contribution in [3.05, 3.63) is 72.6 Å². The molecule has 4 heterocycles. The van der Waals surface area contributed by atoms with Gasteiger partial charge in [-0.2, -0.15) is 26.3 Å². The van der Waals surface area contributed by atoms with Gasteiger partial charge in [0, 0.05) is 48.6 Å². The first-order valence-electron chi connectivity index (χ1n) is 13.4. The van der Waals surface area contributed by atoms with E-state index in [1.54, 1.807) is 0 Å². The van der Waals surface area contributed by atoms with Crippen LogP contribution in [-0.2, 0) is 0 Å². The van der Waals surface area contributed by atoms with E-state index in [1.165, 1.54) is 21.5 Å². The molecule has 0 radical (unpaired) electrons. The molecule has 12 heteroatoms. The number of hydrogen-bond donors (Lipinski definition) is 0. The van der Waals surface area contributed by atoms with Crippen LogP contribution in [0.15, 0.2) is 60.9 Å². The van der Waals surface area contributed by atoms with Crippen molar-refractivity contribution in [1.82, 2.24) is 19.1 Å². The second-order valence-corrected chi connectivity index (χ2v) is 10.7. The summed E-state index contributed by atoms with van der Waals surface area (Å²) in [6.45, 7) is 0. The summed E-state index contributed by atoms with van der Waals surface area (Å²) in [7, 11) is 0. The van der Waals surface area contributed by atoms with Crippen molar-refractivity contribution in [2.24, 2.45) is 0 Å². The van der Waals surface area contributed by atoms with Crippen molar-refractivity contribution in [3.63, 3.8) is 0 Å². The van der Waals surface area contributed by atoms with E-state index in [-0.39, 0.29) is 37.5 Å². The van der Waals surface area contributed by atoms with Gasteiger partial charge in [0.1, 0.15) is 11.6 Å². The number of benzene rings is 2. The Morgan fingerprint density at radius 3 is 1.26 bits per heavy atom. The van der Waals surface area contributed by atoms with Crippen LogP contribution in [0.4, 0.5) is 26.3 Å². The van der Waals surface area contributed by atoms with Crippen LogP contribution < -0.4 is 0 Å². The Balaban J connectivity index is 1.18. The molecule has 4 aromatic rings. The molecule has 2 atom stereocenters. The smallest absolute Gasteiger partial charge is 0.274 e. The lowest BCUT2D eigenvalue weighted by Crippen LogP contribution is -2.09. The molecule has 2 aromatic heterocycles. The van der Waals surface area contributed by atoms with Crippen molar-refractivity contribution in [1.29, 1.82) is 0 Å². The predicted molar refractivity (Wildman–Crippen MR) is 141 cm³/mol. The molecular weight excluding hydrogens is 562 g/mol. The van der Waals surface area contributed by atoms with Crippen LogP contribution >= 0.6 is 0 Å². The summed E-state index contributed by atoms with van der Waals surface area (Å²) in [6.07, 6.45) is -7.88. The van der Waals surface area contributed by atoms with Crippen molar-refractivity contribution in [2.75, 3.05) is 0 Å². The molecule has 0 fully saturated rings. The normalized spacial score (nSPS) is 18.5. The van der Waals surface area contributed by atoms with E-state index in [0.29, 0.717) is 34.2 Å². The molecule has 0 saturated carbocycles. The van der Waals surface area contributed by atoms with Gasteiger partial charge in [0.15, 0.2) is 0 Å². The first-order valence-corrected chi connectivity index (χ1v) is 13.4. The Morgan fingerprint density at radius 1 is 0.595 bits per heavy atom. The predicted octanol–water partition coefficient (Wildman–Crippen LogP) is 8.02. The molecular formula is C30H24F6N4O2. The number of aromatic nitrogens is 4. The van der Waals surface area contributed by atoms with Crippen LogP contribution in [-0.4, -0.2) is 43.3 Å². The van der Waals surface area contributed by atoms with Gasteiger partial charge in [-0.05, 0) is 24.0 Å². The van der Waals surface area contributed by atoms with E-state index in [2.05, 4.69) is 9.97 Å². The highest BCUT2D eigenvalue weighted by atomic mass is 19.4. The number of halogens is 6. The second kappa shape index (κ2) is 10.2. The van der Waals surface area contributed by atoms with Gasteiger partial charge in [0.2, 0.25) is 11.8 Å². The topological polar surface area (TPSA) is 69.8 Å². The van der Waals surface area contributed by atoms with Gasteiger partial charge in [-0.15, -0.1) is 0 Å². The van der Waals surface area contributed by atoms with E-state index in [4.69, 9.17) is 0 Å². The van der Waals surface area contributed by atoms with Crippen molar-refractivity contribution >= 4 is 11.8 Å². The maximum absolute atomic E-state index is 12.7. The second-order valence-electron chi connectivity index (χ2n) is 10.7. The lowest BCUT2D eigenvalue weighted by molar-refractivity contribution is -0.137. The average Bonchev–Trinajstić information content (AvgIpc) is 3.69. The standard InChI is InChI=1S/C30H24F6N4O2/c31-29(32,33)11-9-21-13-25(41)39-23(15-37-27(21)39)19-5-1-17(2-6-19)18-3-7-20(8-4-18)24-16-38-28-22(10-12-30(34,35)36)14-26(42)40(24)28/h1-8,15-16,21-22H,9-14H2/t21-,22?/m1/s1. The van der Waals surface area contributed by atoms with E-state index in [0.717, 1.165) is 11.1 Å². The summed E-state index contributed by atoms with van der Waals surface area (Å²) in [5.41, 5.74) is 4.18. The van der Waals surface area contributed by atoms with Crippen LogP contribution in [0.5, 0.6) is 0 Å². The van der Waals surface area contributed by atoms with Crippen LogP contribution in [0.2, 0.25) is 0 Å². The van der Waals surface area contributed by atoms with Gasteiger partial charge >= 0.3 is 12.4 Å². The van der Waals surface area contributed by atoms with Gasteiger partial charge in [-0.25, -0.2) is 9.97 Å². The average molecular weight is 587 g/mol. The molecule has 6 rings (SSSR count). The maximum atomic E-state index is 12.7. The molecule has 0 N–H and O–H groups in total. The molecule has 0 saturated heterocycles. The maximum Gasteiger partial charge on any atom is 0.389 e. The first kappa shape index (κ1) is 27.9. The number of carbonyl (C=O) groups excluding carboxylic acids is 2. The molecule has 0 bridgehead atoms. The zero-order valence-electron chi connectivity index (χ0n) is 22.0. The monoisotopic (exact) mass is 586 g/mol. The van der Waals surface area contributed by atoms with Crippen LogP contribution in [0, 0.1) is 0 Å². The Hall–Kier alpha value is -4.22. The van der Waals surface area contributed by atoms with E-state index in [1.807, 2.05) is 48.5 Å². The zero-order valence-corrected chi connectivity index (χ0v) is 22.0. The van der Waals surface area contributed by atoms with Gasteiger partial charge in [0.05, 0.1) is 23.8 Å². The molecule has 0 aliphatic carbocycles. The van der Waals surface area contributed by atoms with Gasteiger partial charge < -0.3 is 0 Å². The lowest BCUT2D eigenvalue weighted by atomic mass is 10.0. The van der Waals surface area contributed by atoms with Crippen LogP contribution in [0.25, 0.3) is 33.6 Å². The van der Waals surface area contributed by atoms with Gasteiger partial charge in [-0.3, -0.25) is 18.7 Å². The minimum atomic E-state index is -4.29. The number of carbonyl (C=O) groups is 2. The Morgan fingerprint density at radius 2 is 0.929 bits per heavy atom. The molecule has 1 unspecified atom stereocenters. The highest BCUT2D eigenvalue weighted by Gasteiger charge is 2.38. The number of alkyl halides is 6. The van der Waals surface area contributed by atoms with Crippen molar-refractivity contribution < 1.29 is 35.9 Å². The molecule has 6 nitrogen and oxygen atoms in total. The van der Waals surface area contributed by atoms with Gasteiger partial charge in [0.25, 0.3) is 0 Å². The largest absolute Gasteiger partial charge is 0.389 e. The molecule has 0 spiro atoms. The molecule has 42 heavy (non-hydrogen) atoms. The third kappa shape index (κ3) is 5.37. The molecule has 2 aromatic carbocycles. The molecule has 2 aliphatic rings. The minimum Gasteiger partial charge on any atom is -0.274 e. The first-order chi connectivity index (χ1) is 19.9. The van der Waals surface area contributed by atoms with Crippen LogP contribution in [0.1, 0.15) is 71.6 Å². The van der Waals surface area contributed by atoms with E-state index >= 15 is 0 Å². The molecule has 0 amide bonds. The summed E-state index contributed by atoms with van der Waals surface area (Å²) in [5, 5.41) is 0. The van der Waals surface area contributed by atoms with E-state index < -0.39 is 37.0 Å². The summed E-state index contributed by atoms with van der Waals surface area (Å²) < 4.78 is 79.0. The number of nitrogens with zero attached hydrogens (tertiary/aromatic N) is 4. The summed E-state index contributed by atoms with van der Waals surface area (Å²) in [6, 6.07) is 14.7. The Bertz CT molecular complexity index is 1530. The highest BCUT2D eigenvalue weighted by Crippen LogP contribution is 2.40. The SMILES string of the molecule is O=C1CC(CCC(F)(F)F)c2ncc(-c3ccc(-c4ccc(-c5cnc6n5C(=O)C[C@H]6CCC(F)(F)F)cc4)cc3)n21. The van der Waals surface area contributed by atoms with Crippen molar-refractivity contribution in [3.8, 4) is 33.6 Å². The third-order valence-corrected chi connectivity index (χ3v) is 7.90. The third-order valence-electron chi connectivity index (χ3n) is 7.90. The minimum absolute atomic E-state index is 0.00308. The molecule has 218 valence electrons. The fourth-order valence-electron chi connectivity index (χ4n) is 5.83. The summed E-state index contributed by atoms with van der Waals surface area (Å²) >= 11 is 0. The lowest BCUT2D eigenvalue weighted by Gasteiger charge is -2.09. The summed E-state index contributed by atoms with van der Waals surface area (Å²) in [5.74, 6) is -0.972. The molecule has 2 aliphatic heterocycles. The summed E-state index contributed by atoms with van der Waals surface area (Å²) in [4.78, 5) is 33.8.